The normalized spacial score (nSPS) is 10.1. The van der Waals surface area contributed by atoms with Crippen LogP contribution in [0.1, 0.15) is 0 Å². The minimum atomic E-state index is -0.358. The molecule has 2 rings (SSSR count). The van der Waals surface area contributed by atoms with Crippen LogP contribution >= 0.6 is 0 Å². The van der Waals surface area contributed by atoms with Crippen LogP contribution in [0.15, 0.2) is 36.9 Å². The molecule has 2 heterocycles. The van der Waals surface area contributed by atoms with Crippen LogP contribution in [0, 0.1) is 5.82 Å². The van der Waals surface area contributed by atoms with Crippen molar-refractivity contribution in [3.05, 3.63) is 42.7 Å². The van der Waals surface area contributed by atoms with Crippen LogP contribution in [0.4, 0.5) is 4.39 Å². The fourth-order valence-corrected chi connectivity index (χ4v) is 0.947. The smallest absolute Gasteiger partial charge is 0.143 e. The van der Waals surface area contributed by atoms with Crippen LogP contribution in [-0.4, -0.2) is 14.8 Å². The molecular formula is C8H6FN3. The number of nitrogens with zero attached hydrogens (tertiary/aromatic N) is 3. The lowest BCUT2D eigenvalue weighted by Crippen LogP contribution is -1.95. The Balaban J connectivity index is 2.48. The Morgan fingerprint density at radius 3 is 2.92 bits per heavy atom. The number of halogens is 1. The molecule has 2 aromatic heterocycles. The van der Waals surface area contributed by atoms with Crippen molar-refractivity contribution in [1.82, 2.24) is 14.8 Å². The van der Waals surface area contributed by atoms with Gasteiger partial charge in [0, 0.05) is 18.5 Å². The standard InChI is InChI=1S/C8H6FN3/c9-7-4-8(6-10-5-7)12-3-1-2-11-12/h1-6H. The van der Waals surface area contributed by atoms with Gasteiger partial charge >= 0.3 is 0 Å². The van der Waals surface area contributed by atoms with Gasteiger partial charge < -0.3 is 0 Å². The first-order chi connectivity index (χ1) is 5.86. The topological polar surface area (TPSA) is 30.7 Å². The van der Waals surface area contributed by atoms with Gasteiger partial charge in [-0.25, -0.2) is 9.07 Å². The van der Waals surface area contributed by atoms with E-state index in [1.807, 2.05) is 0 Å². The Kier molecular flexibility index (Phi) is 1.59. The van der Waals surface area contributed by atoms with Crippen molar-refractivity contribution in [1.29, 1.82) is 0 Å². The minimum Gasteiger partial charge on any atom is -0.259 e. The highest BCUT2D eigenvalue weighted by Gasteiger charge is 1.96. The first-order valence-corrected chi connectivity index (χ1v) is 3.47. The zero-order chi connectivity index (χ0) is 8.39. The van der Waals surface area contributed by atoms with Crippen molar-refractivity contribution in [2.24, 2.45) is 0 Å². The van der Waals surface area contributed by atoms with Gasteiger partial charge in [0.2, 0.25) is 0 Å². The Hall–Kier alpha value is -1.71. The Bertz CT molecular complexity index is 370. The first-order valence-electron chi connectivity index (χ1n) is 3.47. The van der Waals surface area contributed by atoms with Gasteiger partial charge in [-0.2, -0.15) is 5.10 Å². The molecule has 4 heteroatoms. The lowest BCUT2D eigenvalue weighted by Gasteiger charge is -1.98. The van der Waals surface area contributed by atoms with Gasteiger partial charge in [-0.15, -0.1) is 0 Å². The van der Waals surface area contributed by atoms with Crippen molar-refractivity contribution in [3.63, 3.8) is 0 Å². The van der Waals surface area contributed by atoms with Crippen LogP contribution in [0.5, 0.6) is 0 Å². The van der Waals surface area contributed by atoms with Crippen LogP contribution < -0.4 is 0 Å². The van der Waals surface area contributed by atoms with Gasteiger partial charge in [-0.3, -0.25) is 4.98 Å². The van der Waals surface area contributed by atoms with Crippen molar-refractivity contribution in [2.75, 3.05) is 0 Å². The summed E-state index contributed by atoms with van der Waals surface area (Å²) < 4.78 is 14.2. The second-order valence-corrected chi connectivity index (χ2v) is 2.31. The Labute approximate surface area is 68.5 Å². The monoisotopic (exact) mass is 163 g/mol. The molecule has 0 unspecified atom stereocenters. The molecule has 0 saturated carbocycles. The Morgan fingerprint density at radius 1 is 1.33 bits per heavy atom. The third-order valence-electron chi connectivity index (χ3n) is 1.46. The lowest BCUT2D eigenvalue weighted by atomic mass is 10.4. The predicted molar refractivity (Wildman–Crippen MR) is 41.3 cm³/mol. The highest BCUT2D eigenvalue weighted by atomic mass is 19.1. The third kappa shape index (κ3) is 1.18. The summed E-state index contributed by atoms with van der Waals surface area (Å²) in [7, 11) is 0. The third-order valence-corrected chi connectivity index (χ3v) is 1.46. The molecule has 12 heavy (non-hydrogen) atoms. The molecule has 3 nitrogen and oxygen atoms in total. The van der Waals surface area contributed by atoms with Crippen LogP contribution in [0.25, 0.3) is 5.69 Å². The molecule has 0 spiro atoms. The van der Waals surface area contributed by atoms with Crippen molar-refractivity contribution >= 4 is 0 Å². The second kappa shape index (κ2) is 2.73. The molecule has 0 N–H and O–H groups in total. The molecular weight excluding hydrogens is 157 g/mol. The number of rotatable bonds is 1. The van der Waals surface area contributed by atoms with Gasteiger partial charge in [0.1, 0.15) is 5.82 Å². The molecule has 0 bridgehead atoms. The number of hydrogen-bond acceptors (Lipinski definition) is 2. The van der Waals surface area contributed by atoms with E-state index in [0.29, 0.717) is 5.69 Å². The summed E-state index contributed by atoms with van der Waals surface area (Å²) in [6.07, 6.45) is 6.07. The van der Waals surface area contributed by atoms with Crippen LogP contribution in [0.3, 0.4) is 0 Å². The summed E-state index contributed by atoms with van der Waals surface area (Å²) >= 11 is 0. The van der Waals surface area contributed by atoms with E-state index in [2.05, 4.69) is 10.1 Å². The van der Waals surface area contributed by atoms with Gasteiger partial charge in [0.15, 0.2) is 0 Å². The summed E-state index contributed by atoms with van der Waals surface area (Å²) in [6.45, 7) is 0. The average Bonchev–Trinajstić information content (AvgIpc) is 2.56. The van der Waals surface area contributed by atoms with E-state index in [4.69, 9.17) is 0 Å². The molecule has 0 amide bonds. The van der Waals surface area contributed by atoms with Crippen molar-refractivity contribution < 1.29 is 4.39 Å². The largest absolute Gasteiger partial charge is 0.259 e. The summed E-state index contributed by atoms with van der Waals surface area (Å²) in [4.78, 5) is 3.70. The Morgan fingerprint density at radius 2 is 2.25 bits per heavy atom. The van der Waals surface area contributed by atoms with Crippen molar-refractivity contribution in [3.8, 4) is 5.69 Å². The number of aromatic nitrogens is 3. The maximum Gasteiger partial charge on any atom is 0.143 e. The van der Waals surface area contributed by atoms with Crippen molar-refractivity contribution in [2.45, 2.75) is 0 Å². The van der Waals surface area contributed by atoms with Crippen LogP contribution in [0.2, 0.25) is 0 Å². The fraction of sp³-hybridized carbons (Fsp3) is 0. The molecule has 0 aliphatic carbocycles. The second-order valence-electron chi connectivity index (χ2n) is 2.31. The average molecular weight is 163 g/mol. The highest BCUT2D eigenvalue weighted by Crippen LogP contribution is 2.05. The summed E-state index contributed by atoms with van der Waals surface area (Å²) in [5, 5.41) is 3.94. The zero-order valence-electron chi connectivity index (χ0n) is 6.18. The summed E-state index contributed by atoms with van der Waals surface area (Å²) in [5.74, 6) is -0.358. The van der Waals surface area contributed by atoms with Gasteiger partial charge in [-0.05, 0) is 6.07 Å². The zero-order valence-corrected chi connectivity index (χ0v) is 6.18. The summed E-state index contributed by atoms with van der Waals surface area (Å²) in [5.41, 5.74) is 0.625. The minimum absolute atomic E-state index is 0.358. The van der Waals surface area contributed by atoms with E-state index in [1.54, 1.807) is 29.3 Å². The number of hydrogen-bond donors (Lipinski definition) is 0. The fourth-order valence-electron chi connectivity index (χ4n) is 0.947. The van der Waals surface area contributed by atoms with E-state index in [0.717, 1.165) is 6.20 Å². The maximum atomic E-state index is 12.7. The van der Waals surface area contributed by atoms with E-state index >= 15 is 0 Å². The number of pyridine rings is 1. The van der Waals surface area contributed by atoms with E-state index < -0.39 is 0 Å². The molecule has 0 aromatic carbocycles. The highest BCUT2D eigenvalue weighted by molar-refractivity contribution is 5.26. The predicted octanol–water partition coefficient (Wildman–Crippen LogP) is 1.41. The molecule has 0 aliphatic rings. The molecule has 60 valence electrons. The molecule has 0 fully saturated rings. The molecule has 0 aliphatic heterocycles. The molecule has 0 saturated heterocycles. The van der Waals surface area contributed by atoms with E-state index in [9.17, 15) is 4.39 Å². The molecule has 0 atom stereocenters. The lowest BCUT2D eigenvalue weighted by molar-refractivity contribution is 0.618. The van der Waals surface area contributed by atoms with Gasteiger partial charge in [-0.1, -0.05) is 0 Å². The van der Waals surface area contributed by atoms with Gasteiger partial charge in [0.25, 0.3) is 0 Å². The SMILES string of the molecule is Fc1cncc(-n2cccn2)c1. The van der Waals surface area contributed by atoms with E-state index in [-0.39, 0.29) is 5.82 Å². The summed E-state index contributed by atoms with van der Waals surface area (Å²) in [6, 6.07) is 3.14. The van der Waals surface area contributed by atoms with E-state index in [1.165, 1.54) is 6.07 Å². The maximum absolute atomic E-state index is 12.7. The van der Waals surface area contributed by atoms with Crippen LogP contribution in [-0.2, 0) is 0 Å². The first kappa shape index (κ1) is 6.97. The molecule has 0 radical (unpaired) electrons. The quantitative estimate of drug-likeness (QED) is 0.636. The molecule has 2 aromatic rings. The van der Waals surface area contributed by atoms with Gasteiger partial charge in [0.05, 0.1) is 18.1 Å².